The molecule has 0 saturated carbocycles. The fourth-order valence-electron chi connectivity index (χ4n) is 6.43. The predicted octanol–water partition coefficient (Wildman–Crippen LogP) is 13.3. The van der Waals surface area contributed by atoms with Crippen molar-refractivity contribution in [3.8, 4) is 41.8 Å². The van der Waals surface area contributed by atoms with Gasteiger partial charge >= 0.3 is 0 Å². The van der Waals surface area contributed by atoms with Gasteiger partial charge in [0.25, 0.3) is 0 Å². The molecule has 0 aliphatic heterocycles. The third-order valence-electron chi connectivity index (χ3n) is 8.13. The summed E-state index contributed by atoms with van der Waals surface area (Å²) in [6.07, 6.45) is 0. The van der Waals surface area contributed by atoms with Crippen molar-refractivity contribution in [1.29, 1.82) is 0 Å². The maximum atomic E-state index is 2.34. The highest BCUT2D eigenvalue weighted by atomic mass is 32.1. The summed E-state index contributed by atoms with van der Waals surface area (Å²) >= 11 is 7.62. The topological polar surface area (TPSA) is 0 Å². The summed E-state index contributed by atoms with van der Waals surface area (Å²) in [6.45, 7) is 8.89. The lowest BCUT2D eigenvalue weighted by Crippen LogP contribution is -1.95. The number of aryl methyl sites for hydroxylation is 4. The normalized spacial score (nSPS) is 11.8. The van der Waals surface area contributed by atoms with Gasteiger partial charge in [-0.25, -0.2) is 0 Å². The van der Waals surface area contributed by atoms with Crippen LogP contribution in [0.4, 0.5) is 0 Å². The average molecular weight is 613 g/mol. The van der Waals surface area contributed by atoms with Crippen molar-refractivity contribution < 1.29 is 0 Å². The zero-order valence-electron chi connectivity index (χ0n) is 23.9. The smallest absolute Gasteiger partial charge is 0.0358 e. The van der Waals surface area contributed by atoms with Gasteiger partial charge in [0.05, 0.1) is 0 Å². The van der Waals surface area contributed by atoms with Crippen molar-refractivity contribution >= 4 is 77.7 Å². The summed E-state index contributed by atoms with van der Waals surface area (Å²) in [4.78, 5) is 10.7. The van der Waals surface area contributed by atoms with Crippen molar-refractivity contribution in [3.05, 3.63) is 117 Å². The van der Waals surface area contributed by atoms with Crippen LogP contribution in [-0.2, 0) is 0 Å². The molecule has 8 rings (SSSR count). The van der Waals surface area contributed by atoms with Gasteiger partial charge < -0.3 is 0 Å². The summed E-state index contributed by atoms with van der Waals surface area (Å²) in [7, 11) is 0. The number of benzene rings is 4. The van der Waals surface area contributed by atoms with E-state index in [0.717, 1.165) is 0 Å². The first kappa shape index (κ1) is 26.1. The van der Waals surface area contributed by atoms with Gasteiger partial charge in [0, 0.05) is 72.0 Å². The highest BCUT2D eigenvalue weighted by molar-refractivity contribution is 7.17. The van der Waals surface area contributed by atoms with Crippen molar-refractivity contribution in [1.82, 2.24) is 0 Å². The van der Waals surface area contributed by atoms with E-state index in [1.165, 1.54) is 93.6 Å². The maximum Gasteiger partial charge on any atom is 0.0358 e. The Morgan fingerprint density at radius 3 is 0.738 bits per heavy atom. The van der Waals surface area contributed by atoms with Crippen LogP contribution in [0.25, 0.3) is 74.1 Å². The molecule has 0 radical (unpaired) electrons. The molecule has 0 aliphatic rings. The van der Waals surface area contributed by atoms with Crippen LogP contribution in [0.15, 0.2) is 97.1 Å². The Hall–Kier alpha value is -3.54. The van der Waals surface area contributed by atoms with E-state index in [2.05, 4.69) is 125 Å². The van der Waals surface area contributed by atoms with Gasteiger partial charge in [0.2, 0.25) is 0 Å². The lowest BCUT2D eigenvalue weighted by Gasteiger charge is -2.23. The van der Waals surface area contributed by atoms with Crippen LogP contribution in [0.3, 0.4) is 0 Å². The van der Waals surface area contributed by atoms with Gasteiger partial charge in [-0.2, -0.15) is 0 Å². The summed E-state index contributed by atoms with van der Waals surface area (Å²) < 4.78 is 0. The van der Waals surface area contributed by atoms with Gasteiger partial charge in [-0.05, 0) is 97.8 Å². The molecule has 0 fully saturated rings. The first-order chi connectivity index (χ1) is 20.5. The van der Waals surface area contributed by atoms with E-state index in [0.29, 0.717) is 0 Å². The van der Waals surface area contributed by atoms with Gasteiger partial charge in [0.1, 0.15) is 0 Å². The number of hydrogen-bond donors (Lipinski definition) is 0. The molecule has 42 heavy (non-hydrogen) atoms. The second kappa shape index (κ2) is 10.0. The lowest BCUT2D eigenvalue weighted by atomic mass is 9.82. The van der Waals surface area contributed by atoms with Crippen molar-refractivity contribution in [2.24, 2.45) is 0 Å². The first-order valence-electron chi connectivity index (χ1n) is 14.2. The third kappa shape index (κ3) is 4.05. The van der Waals surface area contributed by atoms with E-state index >= 15 is 0 Å². The molecule has 0 saturated heterocycles. The predicted molar refractivity (Wildman–Crippen MR) is 191 cm³/mol. The minimum atomic E-state index is 1.33. The molecule has 204 valence electrons. The van der Waals surface area contributed by atoms with Crippen molar-refractivity contribution in [2.75, 3.05) is 0 Å². The molecule has 0 nitrogen and oxygen atoms in total. The fraction of sp³-hybridized carbons (Fsp3) is 0.105. The molecule has 0 unspecified atom stereocenters. The quantitative estimate of drug-likeness (QED) is 0.173. The first-order valence-corrected chi connectivity index (χ1v) is 17.4. The van der Waals surface area contributed by atoms with Gasteiger partial charge in [-0.1, -0.05) is 48.5 Å². The molecular formula is C38H28S4. The molecule has 4 heteroatoms. The van der Waals surface area contributed by atoms with E-state index in [1.54, 1.807) is 0 Å². The highest BCUT2D eigenvalue weighted by Gasteiger charge is 2.27. The zero-order chi connectivity index (χ0) is 28.5. The van der Waals surface area contributed by atoms with Crippen LogP contribution < -0.4 is 0 Å². The Balaban J connectivity index is 1.76. The second-order valence-corrected chi connectivity index (χ2v) is 16.1. The van der Waals surface area contributed by atoms with E-state index in [-0.39, 0.29) is 0 Å². The van der Waals surface area contributed by atoms with E-state index in [1.807, 2.05) is 45.3 Å². The number of hydrogen-bond acceptors (Lipinski definition) is 4. The molecule has 8 aromatic rings. The van der Waals surface area contributed by atoms with Crippen LogP contribution in [-0.4, -0.2) is 0 Å². The largest absolute Gasteiger partial charge is 0.141 e. The number of fused-ring (bicyclic) bond motifs is 3. The van der Waals surface area contributed by atoms with E-state index in [9.17, 15) is 0 Å². The standard InChI is InChI=1S/C38H28S4/c1-21-13-17-29(39-21)33-25-9-5-6-10-26(25)35(31-19-15-23(3)41-31)38-36(32-20-16-24(4)42-32)28-12-8-7-11-27(28)34(37(33)38)30-18-14-22(2)40-30/h5-20H,1-4H3. The molecule has 0 atom stereocenters. The maximum absolute atomic E-state index is 2.34. The molecule has 0 amide bonds. The van der Waals surface area contributed by atoms with Crippen LogP contribution in [0.1, 0.15) is 19.5 Å². The highest BCUT2D eigenvalue weighted by Crippen LogP contribution is 2.56. The Bertz CT molecular complexity index is 1980. The minimum absolute atomic E-state index is 1.33. The Morgan fingerprint density at radius 1 is 0.310 bits per heavy atom. The Kier molecular flexibility index (Phi) is 6.24. The van der Waals surface area contributed by atoms with Crippen molar-refractivity contribution in [3.63, 3.8) is 0 Å². The van der Waals surface area contributed by atoms with Gasteiger partial charge in [-0.3, -0.25) is 0 Å². The molecule has 4 aromatic heterocycles. The molecule has 4 heterocycles. The molecule has 0 bridgehead atoms. The number of rotatable bonds is 4. The van der Waals surface area contributed by atoms with Gasteiger partial charge in [0.15, 0.2) is 0 Å². The van der Waals surface area contributed by atoms with Gasteiger partial charge in [-0.15, -0.1) is 45.3 Å². The SMILES string of the molecule is Cc1ccc(-c2c3ccccc3c(-c3ccc(C)s3)c3c(-c4ccc(C)s4)c4ccccc4c(-c4ccc(C)s4)c23)s1. The monoisotopic (exact) mass is 612 g/mol. The van der Waals surface area contributed by atoms with E-state index in [4.69, 9.17) is 0 Å². The Labute approximate surface area is 262 Å². The van der Waals surface area contributed by atoms with E-state index < -0.39 is 0 Å². The molecule has 4 aromatic carbocycles. The number of thiophene rings is 4. The van der Waals surface area contributed by atoms with Crippen LogP contribution in [0.5, 0.6) is 0 Å². The average Bonchev–Trinajstić information content (AvgIpc) is 3.80. The Morgan fingerprint density at radius 2 is 0.548 bits per heavy atom. The third-order valence-corrected chi connectivity index (χ3v) is 12.2. The molecule has 0 aliphatic carbocycles. The molecule has 0 spiro atoms. The molecule has 0 N–H and O–H groups in total. The summed E-state index contributed by atoms with van der Waals surface area (Å²) in [5.74, 6) is 0. The summed E-state index contributed by atoms with van der Waals surface area (Å²) in [5, 5.41) is 8.05. The van der Waals surface area contributed by atoms with Crippen LogP contribution in [0.2, 0.25) is 0 Å². The summed E-state index contributed by atoms with van der Waals surface area (Å²) in [5.41, 5.74) is 5.43. The minimum Gasteiger partial charge on any atom is -0.141 e. The van der Waals surface area contributed by atoms with Crippen LogP contribution >= 0.6 is 45.3 Å². The summed E-state index contributed by atoms with van der Waals surface area (Å²) in [6, 6.07) is 36.7. The lowest BCUT2D eigenvalue weighted by molar-refractivity contribution is 1.64. The fourth-order valence-corrected chi connectivity index (χ4v) is 10.2. The van der Waals surface area contributed by atoms with Crippen molar-refractivity contribution in [2.45, 2.75) is 27.7 Å². The zero-order valence-corrected chi connectivity index (χ0v) is 27.1. The van der Waals surface area contributed by atoms with Crippen LogP contribution in [0, 0.1) is 27.7 Å². The second-order valence-electron chi connectivity index (χ2n) is 11.0. The molecular weight excluding hydrogens is 585 g/mol.